The van der Waals surface area contributed by atoms with Crippen LogP contribution in [0.5, 0.6) is 0 Å². The third-order valence-corrected chi connectivity index (χ3v) is 2.10. The summed E-state index contributed by atoms with van der Waals surface area (Å²) in [6.07, 6.45) is 1.93. The quantitative estimate of drug-likeness (QED) is 0.659. The maximum Gasteiger partial charge on any atom is 0.226 e. The summed E-state index contributed by atoms with van der Waals surface area (Å²) in [7, 11) is 0. The van der Waals surface area contributed by atoms with Gasteiger partial charge in [0.2, 0.25) is 5.89 Å². The molecule has 0 unspecified atom stereocenters. The van der Waals surface area contributed by atoms with Gasteiger partial charge in [0.25, 0.3) is 0 Å². The van der Waals surface area contributed by atoms with Gasteiger partial charge in [0.05, 0.1) is 0 Å². The number of hydrogen-bond donors (Lipinski definition) is 0. The van der Waals surface area contributed by atoms with Crippen LogP contribution in [0.1, 0.15) is 37.4 Å². The molecule has 1 aromatic heterocycles. The third-order valence-electron chi connectivity index (χ3n) is 2.10. The summed E-state index contributed by atoms with van der Waals surface area (Å²) in [4.78, 5) is 14.8. The van der Waals surface area contributed by atoms with Crippen molar-refractivity contribution in [2.24, 2.45) is 0 Å². The molecule has 1 heterocycles. The van der Waals surface area contributed by atoms with Crippen LogP contribution in [0.25, 0.3) is 0 Å². The lowest BCUT2D eigenvalue weighted by molar-refractivity contribution is -0.124. The molecule has 0 radical (unpaired) electrons. The lowest BCUT2D eigenvalue weighted by Gasteiger charge is -2.19. The summed E-state index contributed by atoms with van der Waals surface area (Å²) in [5.41, 5.74) is 0. The molecule has 0 aromatic carbocycles. The van der Waals surface area contributed by atoms with Crippen molar-refractivity contribution in [3.05, 3.63) is 11.7 Å². The number of rotatable bonds is 2. The van der Waals surface area contributed by atoms with E-state index >= 15 is 0 Å². The second-order valence-electron chi connectivity index (χ2n) is 3.04. The van der Waals surface area contributed by atoms with Crippen molar-refractivity contribution in [1.29, 1.82) is 0 Å². The Morgan fingerprint density at radius 1 is 1.58 bits per heavy atom. The van der Waals surface area contributed by atoms with Crippen LogP contribution in [0.2, 0.25) is 0 Å². The van der Waals surface area contributed by atoms with Crippen molar-refractivity contribution in [1.82, 2.24) is 10.1 Å². The van der Waals surface area contributed by atoms with Crippen LogP contribution in [0.3, 0.4) is 0 Å². The summed E-state index contributed by atoms with van der Waals surface area (Å²) < 4.78 is 4.93. The maximum absolute atomic E-state index is 10.7. The van der Waals surface area contributed by atoms with Crippen LogP contribution in [-0.4, -0.2) is 15.9 Å². The van der Waals surface area contributed by atoms with Crippen molar-refractivity contribution >= 4 is 5.78 Å². The summed E-state index contributed by atoms with van der Waals surface area (Å²) in [6, 6.07) is 0. The van der Waals surface area contributed by atoms with E-state index in [1.807, 2.05) is 6.92 Å². The number of aromatic nitrogens is 2. The van der Waals surface area contributed by atoms with Crippen molar-refractivity contribution < 1.29 is 9.32 Å². The molecular formula is C8H10N2O2. The molecule has 1 aliphatic carbocycles. The zero-order valence-corrected chi connectivity index (χ0v) is 6.91. The molecule has 4 nitrogen and oxygen atoms in total. The number of carbonyl (C=O) groups is 1. The standard InChI is InChI=1S/C8H10N2O2/c1-2-7-9-8(10-12-7)5-3-6(11)4-5/h5H,2-4H2,1H3. The molecule has 0 saturated heterocycles. The van der Waals surface area contributed by atoms with E-state index in [9.17, 15) is 4.79 Å². The third kappa shape index (κ3) is 1.13. The van der Waals surface area contributed by atoms with Crippen LogP contribution in [0.4, 0.5) is 0 Å². The van der Waals surface area contributed by atoms with Gasteiger partial charge in [0, 0.05) is 25.2 Å². The highest BCUT2D eigenvalue weighted by atomic mass is 16.5. The second kappa shape index (κ2) is 2.69. The van der Waals surface area contributed by atoms with E-state index in [0.29, 0.717) is 30.3 Å². The van der Waals surface area contributed by atoms with Crippen LogP contribution in [0, 0.1) is 0 Å². The summed E-state index contributed by atoms with van der Waals surface area (Å²) in [6.45, 7) is 1.96. The minimum atomic E-state index is 0.224. The monoisotopic (exact) mass is 166 g/mol. The molecule has 2 rings (SSSR count). The molecule has 0 aliphatic heterocycles. The average molecular weight is 166 g/mol. The van der Waals surface area contributed by atoms with E-state index < -0.39 is 0 Å². The Morgan fingerprint density at radius 2 is 2.33 bits per heavy atom. The molecule has 12 heavy (non-hydrogen) atoms. The Kier molecular flexibility index (Phi) is 1.67. The molecule has 64 valence electrons. The Hall–Kier alpha value is -1.19. The van der Waals surface area contributed by atoms with E-state index in [-0.39, 0.29) is 5.92 Å². The number of nitrogens with zero attached hydrogens (tertiary/aromatic N) is 2. The van der Waals surface area contributed by atoms with E-state index in [1.165, 1.54) is 0 Å². The molecule has 1 aliphatic rings. The molecule has 0 bridgehead atoms. The first kappa shape index (κ1) is 7.46. The lowest BCUT2D eigenvalue weighted by Crippen LogP contribution is -2.22. The Labute approximate surface area is 70.0 Å². The van der Waals surface area contributed by atoms with Crippen molar-refractivity contribution in [3.63, 3.8) is 0 Å². The zero-order valence-electron chi connectivity index (χ0n) is 6.91. The molecule has 1 fully saturated rings. The minimum absolute atomic E-state index is 0.224. The first-order valence-corrected chi connectivity index (χ1v) is 4.13. The predicted octanol–water partition coefficient (Wildman–Crippen LogP) is 1.08. The summed E-state index contributed by atoms with van der Waals surface area (Å²) in [5, 5.41) is 3.81. The normalized spacial score (nSPS) is 17.9. The largest absolute Gasteiger partial charge is 0.339 e. The van der Waals surface area contributed by atoms with Gasteiger partial charge in [-0.1, -0.05) is 12.1 Å². The van der Waals surface area contributed by atoms with Crippen molar-refractivity contribution in [2.45, 2.75) is 32.1 Å². The van der Waals surface area contributed by atoms with Gasteiger partial charge in [0.15, 0.2) is 5.82 Å². The predicted molar refractivity (Wildman–Crippen MR) is 40.7 cm³/mol. The van der Waals surface area contributed by atoms with Gasteiger partial charge < -0.3 is 4.52 Å². The first-order chi connectivity index (χ1) is 5.79. The van der Waals surface area contributed by atoms with Gasteiger partial charge in [-0.3, -0.25) is 4.79 Å². The fourth-order valence-electron chi connectivity index (χ4n) is 1.25. The zero-order chi connectivity index (χ0) is 8.55. The van der Waals surface area contributed by atoms with E-state index in [1.54, 1.807) is 0 Å². The topological polar surface area (TPSA) is 56.0 Å². The number of aryl methyl sites for hydroxylation is 1. The highest BCUT2D eigenvalue weighted by Gasteiger charge is 2.31. The molecule has 1 aromatic rings. The fraction of sp³-hybridized carbons (Fsp3) is 0.625. The highest BCUT2D eigenvalue weighted by molar-refractivity contribution is 5.86. The van der Waals surface area contributed by atoms with Crippen molar-refractivity contribution in [2.75, 3.05) is 0 Å². The Bertz CT molecular complexity index is 298. The maximum atomic E-state index is 10.7. The van der Waals surface area contributed by atoms with Gasteiger partial charge in [-0.15, -0.1) is 0 Å². The number of hydrogen-bond acceptors (Lipinski definition) is 4. The average Bonchev–Trinajstić information content (AvgIpc) is 2.46. The van der Waals surface area contributed by atoms with E-state index in [0.717, 1.165) is 6.42 Å². The summed E-state index contributed by atoms with van der Waals surface area (Å²) in [5.74, 6) is 1.88. The number of ketones is 1. The molecule has 1 saturated carbocycles. The smallest absolute Gasteiger partial charge is 0.226 e. The van der Waals surface area contributed by atoms with Gasteiger partial charge in [-0.2, -0.15) is 4.98 Å². The first-order valence-electron chi connectivity index (χ1n) is 4.13. The second-order valence-corrected chi connectivity index (χ2v) is 3.04. The van der Waals surface area contributed by atoms with E-state index in [2.05, 4.69) is 10.1 Å². The SMILES string of the molecule is CCc1nc(C2CC(=O)C2)no1. The number of carbonyl (C=O) groups excluding carboxylic acids is 1. The van der Waals surface area contributed by atoms with Gasteiger partial charge in [-0.05, 0) is 0 Å². The Balaban J connectivity index is 2.08. The molecule has 0 spiro atoms. The highest BCUT2D eigenvalue weighted by Crippen LogP contribution is 2.31. The number of Topliss-reactive ketones (excluding diaryl/α,β-unsaturated/α-hetero) is 1. The van der Waals surface area contributed by atoms with E-state index in [4.69, 9.17) is 4.52 Å². The summed E-state index contributed by atoms with van der Waals surface area (Å²) >= 11 is 0. The molecule has 4 heteroatoms. The lowest BCUT2D eigenvalue weighted by atomic mass is 9.83. The van der Waals surface area contributed by atoms with Crippen LogP contribution < -0.4 is 0 Å². The van der Waals surface area contributed by atoms with Gasteiger partial charge >= 0.3 is 0 Å². The Morgan fingerprint density at radius 3 is 2.83 bits per heavy atom. The minimum Gasteiger partial charge on any atom is -0.339 e. The molecule has 0 atom stereocenters. The molecule has 0 amide bonds. The van der Waals surface area contributed by atoms with Gasteiger partial charge in [0.1, 0.15) is 5.78 Å². The fourth-order valence-corrected chi connectivity index (χ4v) is 1.25. The molecular weight excluding hydrogens is 156 g/mol. The van der Waals surface area contributed by atoms with Gasteiger partial charge in [-0.25, -0.2) is 0 Å². The van der Waals surface area contributed by atoms with Crippen LogP contribution >= 0.6 is 0 Å². The molecule has 0 N–H and O–H groups in total. The van der Waals surface area contributed by atoms with Crippen LogP contribution in [-0.2, 0) is 11.2 Å². The van der Waals surface area contributed by atoms with Crippen molar-refractivity contribution in [3.8, 4) is 0 Å². The van der Waals surface area contributed by atoms with Crippen LogP contribution in [0.15, 0.2) is 4.52 Å².